The van der Waals surface area contributed by atoms with Gasteiger partial charge >= 0.3 is 0 Å². The number of nitrogens with zero attached hydrogens (tertiary/aromatic N) is 1. The Morgan fingerprint density at radius 1 is 1.29 bits per heavy atom. The monoisotopic (exact) mass is 446 g/mol. The van der Waals surface area contributed by atoms with Crippen LogP contribution in [0.2, 0.25) is 5.02 Å². The number of hydrogen-bond acceptors (Lipinski definition) is 6. The highest BCUT2D eigenvalue weighted by Crippen LogP contribution is 2.54. The van der Waals surface area contributed by atoms with Gasteiger partial charge < -0.3 is 15.8 Å². The summed E-state index contributed by atoms with van der Waals surface area (Å²) in [5.41, 5.74) is 5.00. The highest BCUT2D eigenvalue weighted by Gasteiger charge is 2.70. The van der Waals surface area contributed by atoms with Gasteiger partial charge in [0, 0.05) is 35.3 Å². The van der Waals surface area contributed by atoms with Crippen molar-refractivity contribution in [3.63, 3.8) is 0 Å². The maximum Gasteiger partial charge on any atom is 0.250 e. The Hall–Kier alpha value is -2.49. The van der Waals surface area contributed by atoms with E-state index in [1.165, 1.54) is 4.90 Å². The van der Waals surface area contributed by atoms with E-state index in [4.69, 9.17) is 22.1 Å². The van der Waals surface area contributed by atoms with E-state index in [1.54, 1.807) is 18.2 Å². The van der Waals surface area contributed by atoms with Gasteiger partial charge in [0.1, 0.15) is 5.54 Å². The summed E-state index contributed by atoms with van der Waals surface area (Å²) in [5.74, 6) is -3.36. The summed E-state index contributed by atoms with van der Waals surface area (Å²) in [6, 6.07) is 4.43. The van der Waals surface area contributed by atoms with Crippen LogP contribution in [-0.4, -0.2) is 53.8 Å². The first-order valence-electron chi connectivity index (χ1n) is 10.5. The number of primary amides is 1. The van der Waals surface area contributed by atoms with Gasteiger partial charge in [0.05, 0.1) is 24.5 Å². The van der Waals surface area contributed by atoms with Gasteiger partial charge in [-0.1, -0.05) is 11.6 Å². The number of hydrogen-bond donors (Lipinski definition) is 3. The second-order valence-electron chi connectivity index (χ2n) is 8.63. The van der Waals surface area contributed by atoms with Crippen LogP contribution < -0.4 is 16.4 Å². The predicted molar refractivity (Wildman–Crippen MR) is 110 cm³/mol. The van der Waals surface area contributed by atoms with Crippen LogP contribution in [-0.2, 0) is 29.5 Å². The number of nitrogens with one attached hydrogen (secondary N) is 2. The first-order valence-corrected chi connectivity index (χ1v) is 10.8. The molecular formula is C21H23ClN4O5. The van der Waals surface area contributed by atoms with Gasteiger partial charge in [0.2, 0.25) is 23.6 Å². The molecule has 4 heterocycles. The molecule has 5 rings (SSSR count). The molecule has 0 radical (unpaired) electrons. The summed E-state index contributed by atoms with van der Waals surface area (Å²) >= 11 is 6.21. The third-order valence-electron chi connectivity index (χ3n) is 6.88. The highest BCUT2D eigenvalue weighted by molar-refractivity contribution is 6.31. The maximum absolute atomic E-state index is 13.6. The molecule has 1 aromatic rings. The molecule has 1 aromatic carbocycles. The first kappa shape index (κ1) is 20.4. The largest absolute Gasteiger partial charge is 0.376 e. The predicted octanol–water partition coefficient (Wildman–Crippen LogP) is 0.505. The molecule has 0 aliphatic carbocycles. The van der Waals surface area contributed by atoms with Gasteiger partial charge in [0.25, 0.3) is 0 Å². The van der Waals surface area contributed by atoms with Gasteiger partial charge in [-0.25, -0.2) is 0 Å². The fraction of sp³-hybridized carbons (Fsp3) is 0.524. The van der Waals surface area contributed by atoms with Crippen molar-refractivity contribution in [2.24, 2.45) is 17.6 Å². The van der Waals surface area contributed by atoms with Gasteiger partial charge in [-0.3, -0.25) is 29.4 Å². The molecule has 1 spiro atoms. The summed E-state index contributed by atoms with van der Waals surface area (Å²) in [7, 11) is 0. The first-order chi connectivity index (χ1) is 14.8. The smallest absolute Gasteiger partial charge is 0.250 e. The summed E-state index contributed by atoms with van der Waals surface area (Å²) in [5, 5.41) is 6.49. The third kappa shape index (κ3) is 2.98. The van der Waals surface area contributed by atoms with Gasteiger partial charge in [0.15, 0.2) is 0 Å². The van der Waals surface area contributed by atoms with Crippen LogP contribution >= 0.6 is 11.6 Å². The summed E-state index contributed by atoms with van der Waals surface area (Å²) < 4.78 is 5.63. The number of imide groups is 1. The standard InChI is InChI=1S/C21H23ClN4O5/c22-10-3-4-13-12(8-10)21(20(30)24-13)17-16(14(25-21)5-6-15(23)27)18(28)26(19(17)29)9-11-2-1-7-31-11/h3-4,8,11,14,16-17,25H,1-2,5-7,9H2,(H2,23,27)(H,24,30)/t11-,14-,16-,17-,21-/m0/s1. The fourth-order valence-electron chi connectivity index (χ4n) is 5.55. The number of nitrogens with two attached hydrogens (primary N) is 1. The quantitative estimate of drug-likeness (QED) is 0.565. The summed E-state index contributed by atoms with van der Waals surface area (Å²) in [6.45, 7) is 0.780. The van der Waals surface area contributed by atoms with E-state index in [0.717, 1.165) is 12.8 Å². The molecule has 0 aromatic heterocycles. The highest BCUT2D eigenvalue weighted by atomic mass is 35.5. The minimum absolute atomic E-state index is 0.0359. The topological polar surface area (TPSA) is 131 Å². The molecule has 4 amide bonds. The molecule has 10 heteroatoms. The minimum Gasteiger partial charge on any atom is -0.376 e. The molecule has 0 bridgehead atoms. The molecule has 4 aliphatic rings. The van der Waals surface area contributed by atoms with E-state index in [-0.39, 0.29) is 31.4 Å². The van der Waals surface area contributed by atoms with Crippen LogP contribution in [0.25, 0.3) is 0 Å². The molecule has 4 N–H and O–H groups in total. The van der Waals surface area contributed by atoms with Crippen LogP contribution in [0.4, 0.5) is 5.69 Å². The number of fused-ring (bicyclic) bond motifs is 4. The van der Waals surface area contributed by atoms with Gasteiger partial charge in [-0.2, -0.15) is 0 Å². The molecule has 4 aliphatic heterocycles. The van der Waals surface area contributed by atoms with Crippen LogP contribution in [0, 0.1) is 11.8 Å². The lowest BCUT2D eigenvalue weighted by Gasteiger charge is -2.30. The molecular weight excluding hydrogens is 424 g/mol. The van der Waals surface area contributed by atoms with Crippen LogP contribution in [0.1, 0.15) is 31.2 Å². The van der Waals surface area contributed by atoms with Gasteiger partial charge in [-0.05, 0) is 37.5 Å². The van der Waals surface area contributed by atoms with E-state index in [0.29, 0.717) is 22.9 Å². The van der Waals surface area contributed by atoms with Gasteiger partial charge in [-0.15, -0.1) is 0 Å². The zero-order valence-electron chi connectivity index (χ0n) is 16.7. The summed E-state index contributed by atoms with van der Waals surface area (Å²) in [6.07, 6.45) is 1.75. The SMILES string of the molecule is NC(=O)CC[C@@H]1N[C@]2(C(=O)Nc3ccc(Cl)cc32)[C@@H]2C(=O)N(C[C@@H]3CCCO3)C(=O)[C@@H]12. The Morgan fingerprint density at radius 2 is 2.10 bits per heavy atom. The van der Waals surface area contributed by atoms with E-state index in [1.807, 2.05) is 0 Å². The number of anilines is 1. The number of carbonyl (C=O) groups excluding carboxylic acids is 4. The third-order valence-corrected chi connectivity index (χ3v) is 7.12. The zero-order chi connectivity index (χ0) is 21.9. The van der Waals surface area contributed by atoms with Crippen molar-refractivity contribution in [2.45, 2.75) is 43.4 Å². The number of benzene rings is 1. The molecule has 5 atom stereocenters. The number of ether oxygens (including phenoxy) is 1. The molecule has 0 unspecified atom stereocenters. The van der Waals surface area contributed by atoms with Crippen LogP contribution in [0.5, 0.6) is 0 Å². The lowest BCUT2D eigenvalue weighted by atomic mass is 9.76. The van der Waals surface area contributed by atoms with E-state index >= 15 is 0 Å². The molecule has 9 nitrogen and oxygen atoms in total. The maximum atomic E-state index is 13.6. The molecule has 0 saturated carbocycles. The van der Waals surface area contributed by atoms with Crippen molar-refractivity contribution in [3.05, 3.63) is 28.8 Å². The van der Waals surface area contributed by atoms with E-state index in [9.17, 15) is 19.2 Å². The lowest BCUT2D eigenvalue weighted by Crippen LogP contribution is -2.53. The van der Waals surface area contributed by atoms with Crippen molar-refractivity contribution >= 4 is 40.9 Å². The Morgan fingerprint density at radius 3 is 2.81 bits per heavy atom. The lowest BCUT2D eigenvalue weighted by molar-refractivity contribution is -0.144. The van der Waals surface area contributed by atoms with Crippen molar-refractivity contribution in [1.29, 1.82) is 0 Å². The Kier molecular flexibility index (Phi) is 4.80. The zero-order valence-corrected chi connectivity index (χ0v) is 17.5. The fourth-order valence-corrected chi connectivity index (χ4v) is 5.72. The van der Waals surface area contributed by atoms with E-state index in [2.05, 4.69) is 10.6 Å². The molecule has 3 saturated heterocycles. The van der Waals surface area contributed by atoms with Crippen molar-refractivity contribution in [3.8, 4) is 0 Å². The average Bonchev–Trinajstić information content (AvgIpc) is 3.46. The number of carbonyl (C=O) groups is 4. The van der Waals surface area contributed by atoms with Crippen molar-refractivity contribution in [2.75, 3.05) is 18.5 Å². The summed E-state index contributed by atoms with van der Waals surface area (Å²) in [4.78, 5) is 52.9. The van der Waals surface area contributed by atoms with Crippen molar-refractivity contribution < 1.29 is 23.9 Å². The number of rotatable bonds is 5. The second kappa shape index (κ2) is 7.29. The Balaban J connectivity index is 1.57. The van der Waals surface area contributed by atoms with Crippen LogP contribution in [0.15, 0.2) is 18.2 Å². The van der Waals surface area contributed by atoms with E-state index < -0.39 is 41.1 Å². The Labute approximate surface area is 183 Å². The normalized spacial score (nSPS) is 33.8. The molecule has 3 fully saturated rings. The number of halogens is 1. The van der Waals surface area contributed by atoms with Crippen LogP contribution in [0.3, 0.4) is 0 Å². The molecule has 31 heavy (non-hydrogen) atoms. The number of likely N-dealkylation sites (tertiary alicyclic amines) is 1. The average molecular weight is 447 g/mol. The molecule has 164 valence electrons. The van der Waals surface area contributed by atoms with Crippen molar-refractivity contribution in [1.82, 2.24) is 10.2 Å². The second-order valence-corrected chi connectivity index (χ2v) is 9.07. The minimum atomic E-state index is -1.43. The number of amides is 4. The Bertz CT molecular complexity index is 994.